The van der Waals surface area contributed by atoms with Crippen LogP contribution in [0.15, 0.2) is 53.6 Å². The molecule has 0 saturated carbocycles. The SMILES string of the molecule is Cc1c(-c2cc(=O)n3ncc(-c4ccccn4)c3[nH]2)ccc2c1OCO2. The minimum absolute atomic E-state index is 0.210. The van der Waals surface area contributed by atoms with Crippen molar-refractivity contribution in [1.82, 2.24) is 19.6 Å². The lowest BCUT2D eigenvalue weighted by Crippen LogP contribution is -2.14. The first kappa shape index (κ1) is 14.7. The van der Waals surface area contributed by atoms with Gasteiger partial charge in [-0.1, -0.05) is 6.07 Å². The number of aromatic amines is 1. The van der Waals surface area contributed by atoms with E-state index < -0.39 is 0 Å². The second kappa shape index (κ2) is 5.45. The van der Waals surface area contributed by atoms with Crippen LogP contribution in [0.2, 0.25) is 0 Å². The summed E-state index contributed by atoms with van der Waals surface area (Å²) in [6.07, 6.45) is 3.36. The van der Waals surface area contributed by atoms with E-state index in [4.69, 9.17) is 9.47 Å². The summed E-state index contributed by atoms with van der Waals surface area (Å²) >= 11 is 0. The van der Waals surface area contributed by atoms with Gasteiger partial charge in [0.05, 0.1) is 23.1 Å². The topological polar surface area (TPSA) is 81.5 Å². The summed E-state index contributed by atoms with van der Waals surface area (Å²) in [7, 11) is 0. The molecule has 0 unspecified atom stereocenters. The lowest BCUT2D eigenvalue weighted by molar-refractivity contribution is 0.173. The molecule has 1 N–H and O–H groups in total. The zero-order chi connectivity index (χ0) is 17.7. The standard InChI is InChI=1S/C19H14N4O3/c1-11-12(5-6-16-18(11)26-10-25-16)15-8-17(24)23-19(22-15)13(9-21-23)14-4-2-3-7-20-14/h2-9,22H,10H2,1H3. The van der Waals surface area contributed by atoms with Gasteiger partial charge in [-0.15, -0.1) is 0 Å². The first-order valence-electron chi connectivity index (χ1n) is 8.14. The van der Waals surface area contributed by atoms with Crippen LogP contribution in [0.5, 0.6) is 11.5 Å². The van der Waals surface area contributed by atoms with Crippen LogP contribution in [0.4, 0.5) is 0 Å². The van der Waals surface area contributed by atoms with E-state index in [1.807, 2.05) is 37.3 Å². The number of ether oxygens (including phenoxy) is 2. The molecule has 3 aromatic heterocycles. The predicted octanol–water partition coefficient (Wildman–Crippen LogP) is 2.79. The maximum Gasteiger partial charge on any atom is 0.274 e. The van der Waals surface area contributed by atoms with Gasteiger partial charge in [0.25, 0.3) is 5.56 Å². The molecular formula is C19H14N4O3. The summed E-state index contributed by atoms with van der Waals surface area (Å²) in [5, 5.41) is 4.20. The smallest absolute Gasteiger partial charge is 0.274 e. The highest BCUT2D eigenvalue weighted by Gasteiger charge is 2.20. The van der Waals surface area contributed by atoms with Crippen LogP contribution in [-0.4, -0.2) is 26.4 Å². The third-order valence-electron chi connectivity index (χ3n) is 4.52. The highest BCUT2D eigenvalue weighted by atomic mass is 16.7. The fraction of sp³-hybridized carbons (Fsp3) is 0.105. The number of rotatable bonds is 2. The zero-order valence-corrected chi connectivity index (χ0v) is 13.9. The number of hydrogen-bond donors (Lipinski definition) is 1. The van der Waals surface area contributed by atoms with E-state index >= 15 is 0 Å². The molecule has 7 nitrogen and oxygen atoms in total. The Kier molecular flexibility index (Phi) is 3.08. The molecule has 26 heavy (non-hydrogen) atoms. The molecule has 0 amide bonds. The summed E-state index contributed by atoms with van der Waals surface area (Å²) in [6.45, 7) is 2.16. The first-order chi connectivity index (χ1) is 12.7. The summed E-state index contributed by atoms with van der Waals surface area (Å²) in [6, 6.07) is 10.9. The van der Waals surface area contributed by atoms with E-state index in [-0.39, 0.29) is 12.4 Å². The molecule has 4 aromatic rings. The lowest BCUT2D eigenvalue weighted by atomic mass is 10.0. The molecule has 128 valence electrons. The molecule has 0 fully saturated rings. The van der Waals surface area contributed by atoms with Crippen LogP contribution in [0.3, 0.4) is 0 Å². The Balaban J connectivity index is 1.75. The predicted molar refractivity (Wildman–Crippen MR) is 95.3 cm³/mol. The van der Waals surface area contributed by atoms with Gasteiger partial charge in [-0.2, -0.15) is 9.61 Å². The molecular weight excluding hydrogens is 332 g/mol. The van der Waals surface area contributed by atoms with Gasteiger partial charge in [0.15, 0.2) is 11.5 Å². The van der Waals surface area contributed by atoms with Crippen LogP contribution in [0.1, 0.15) is 5.56 Å². The largest absolute Gasteiger partial charge is 0.454 e. The second-order valence-electron chi connectivity index (χ2n) is 6.03. The van der Waals surface area contributed by atoms with Crippen LogP contribution in [-0.2, 0) is 0 Å². The maximum atomic E-state index is 12.6. The first-order valence-corrected chi connectivity index (χ1v) is 8.14. The summed E-state index contributed by atoms with van der Waals surface area (Å²) in [5.74, 6) is 1.43. The van der Waals surface area contributed by atoms with Crippen molar-refractivity contribution in [2.45, 2.75) is 6.92 Å². The normalized spacial score (nSPS) is 12.7. The van der Waals surface area contributed by atoms with Gasteiger partial charge in [-0.25, -0.2) is 0 Å². The minimum atomic E-state index is -0.215. The average Bonchev–Trinajstić information content (AvgIpc) is 3.30. The minimum Gasteiger partial charge on any atom is -0.454 e. The van der Waals surface area contributed by atoms with Gasteiger partial charge in [0.2, 0.25) is 6.79 Å². The van der Waals surface area contributed by atoms with E-state index in [2.05, 4.69) is 15.1 Å². The molecule has 0 atom stereocenters. The number of nitrogens with zero attached hydrogens (tertiary/aromatic N) is 3. The van der Waals surface area contributed by atoms with Crippen LogP contribution < -0.4 is 15.0 Å². The Morgan fingerprint density at radius 1 is 1.15 bits per heavy atom. The Morgan fingerprint density at radius 3 is 2.92 bits per heavy atom. The van der Waals surface area contributed by atoms with Gasteiger partial charge in [0.1, 0.15) is 5.65 Å². The van der Waals surface area contributed by atoms with Crippen molar-refractivity contribution in [2.75, 3.05) is 6.79 Å². The molecule has 0 saturated heterocycles. The van der Waals surface area contributed by atoms with Gasteiger partial charge in [0, 0.05) is 23.4 Å². The number of hydrogen-bond acceptors (Lipinski definition) is 5. The highest BCUT2D eigenvalue weighted by molar-refractivity contribution is 5.77. The molecule has 1 aliphatic heterocycles. The number of fused-ring (bicyclic) bond motifs is 2. The molecule has 0 bridgehead atoms. The Morgan fingerprint density at radius 2 is 2.08 bits per heavy atom. The van der Waals surface area contributed by atoms with Crippen molar-refractivity contribution >= 4 is 5.65 Å². The number of H-pyrrole nitrogens is 1. The van der Waals surface area contributed by atoms with Crippen molar-refractivity contribution < 1.29 is 9.47 Å². The molecule has 5 rings (SSSR count). The Labute approximate surface area is 147 Å². The van der Waals surface area contributed by atoms with Gasteiger partial charge >= 0.3 is 0 Å². The monoisotopic (exact) mass is 346 g/mol. The summed E-state index contributed by atoms with van der Waals surface area (Å²) in [5.41, 5.74) is 4.38. The molecule has 0 radical (unpaired) electrons. The highest BCUT2D eigenvalue weighted by Crippen LogP contribution is 2.40. The maximum absolute atomic E-state index is 12.6. The van der Waals surface area contributed by atoms with Crippen LogP contribution in [0, 0.1) is 6.92 Å². The number of nitrogens with one attached hydrogen (secondary N) is 1. The molecule has 0 spiro atoms. The lowest BCUT2D eigenvalue weighted by Gasteiger charge is -2.09. The average molecular weight is 346 g/mol. The molecule has 0 aliphatic carbocycles. The van der Waals surface area contributed by atoms with E-state index in [1.54, 1.807) is 12.4 Å². The quantitative estimate of drug-likeness (QED) is 0.603. The van der Waals surface area contributed by atoms with Crippen molar-refractivity contribution in [3.05, 3.63) is 64.7 Å². The van der Waals surface area contributed by atoms with Crippen molar-refractivity contribution in [3.63, 3.8) is 0 Å². The fourth-order valence-electron chi connectivity index (χ4n) is 3.24. The van der Waals surface area contributed by atoms with Gasteiger partial charge in [-0.3, -0.25) is 9.78 Å². The number of pyridine rings is 1. The number of aromatic nitrogens is 4. The van der Waals surface area contributed by atoms with Gasteiger partial charge < -0.3 is 14.5 Å². The van der Waals surface area contributed by atoms with E-state index in [0.717, 1.165) is 22.4 Å². The molecule has 1 aromatic carbocycles. The van der Waals surface area contributed by atoms with Crippen LogP contribution >= 0.6 is 0 Å². The Bertz CT molecular complexity index is 1190. The van der Waals surface area contributed by atoms with Crippen molar-refractivity contribution in [2.24, 2.45) is 0 Å². The van der Waals surface area contributed by atoms with E-state index in [9.17, 15) is 4.79 Å². The third kappa shape index (κ3) is 2.10. The molecule has 7 heteroatoms. The van der Waals surface area contributed by atoms with Crippen molar-refractivity contribution in [3.8, 4) is 34.0 Å². The van der Waals surface area contributed by atoms with Crippen molar-refractivity contribution in [1.29, 1.82) is 0 Å². The zero-order valence-electron chi connectivity index (χ0n) is 13.9. The summed E-state index contributed by atoms with van der Waals surface area (Å²) in [4.78, 5) is 20.3. The third-order valence-corrected chi connectivity index (χ3v) is 4.52. The second-order valence-corrected chi connectivity index (χ2v) is 6.03. The number of benzene rings is 1. The Hall–Kier alpha value is -3.61. The van der Waals surface area contributed by atoms with E-state index in [1.165, 1.54) is 10.6 Å². The molecule has 1 aliphatic rings. The van der Waals surface area contributed by atoms with E-state index in [0.29, 0.717) is 22.8 Å². The van der Waals surface area contributed by atoms with Crippen LogP contribution in [0.25, 0.3) is 28.2 Å². The van der Waals surface area contributed by atoms with Gasteiger partial charge in [-0.05, 0) is 31.2 Å². The molecule has 4 heterocycles. The summed E-state index contributed by atoms with van der Waals surface area (Å²) < 4.78 is 12.3. The fourth-order valence-corrected chi connectivity index (χ4v) is 3.24.